The van der Waals surface area contributed by atoms with E-state index in [-0.39, 0.29) is 30.3 Å². The van der Waals surface area contributed by atoms with Crippen LogP contribution in [0.15, 0.2) is 67.0 Å². The van der Waals surface area contributed by atoms with Crippen molar-refractivity contribution in [2.24, 2.45) is 0 Å². The van der Waals surface area contributed by atoms with Crippen LogP contribution in [0.3, 0.4) is 0 Å². The summed E-state index contributed by atoms with van der Waals surface area (Å²) in [5, 5.41) is 3.91. The Bertz CT molecular complexity index is 1040. The molecule has 154 valence electrons. The Morgan fingerprint density at radius 2 is 2.00 bits per heavy atom. The van der Waals surface area contributed by atoms with E-state index in [2.05, 4.69) is 10.3 Å². The molecule has 0 saturated carbocycles. The number of nitrogens with one attached hydrogen (secondary N) is 1. The Labute approximate surface area is 179 Å². The molecule has 0 radical (unpaired) electrons. The molecule has 1 fully saturated rings. The third-order valence-corrected chi connectivity index (χ3v) is 5.52. The topological polar surface area (TPSA) is 59.4 Å². The molecule has 30 heavy (non-hydrogen) atoms. The van der Waals surface area contributed by atoms with Gasteiger partial charge in [0.15, 0.2) is 5.11 Å². The molecular formula is C22H21FN4O2S. The minimum atomic E-state index is -0.299. The maximum Gasteiger partial charge on any atom is 0.307 e. The van der Waals surface area contributed by atoms with Gasteiger partial charge in [0.25, 0.3) is 0 Å². The van der Waals surface area contributed by atoms with E-state index in [4.69, 9.17) is 17.0 Å². The second-order valence-electron chi connectivity index (χ2n) is 6.93. The Morgan fingerprint density at radius 3 is 2.70 bits per heavy atom. The van der Waals surface area contributed by atoms with Gasteiger partial charge in [-0.25, -0.2) is 4.39 Å². The number of esters is 1. The summed E-state index contributed by atoms with van der Waals surface area (Å²) in [4.78, 5) is 18.3. The van der Waals surface area contributed by atoms with E-state index >= 15 is 0 Å². The minimum absolute atomic E-state index is 0.203. The lowest BCUT2D eigenvalue weighted by molar-refractivity contribution is -0.140. The van der Waals surface area contributed by atoms with Crippen LogP contribution in [-0.4, -0.2) is 39.2 Å². The number of hydrogen-bond acceptors (Lipinski definition) is 4. The van der Waals surface area contributed by atoms with Gasteiger partial charge in [0.1, 0.15) is 5.82 Å². The predicted octanol–water partition coefficient (Wildman–Crippen LogP) is 3.55. The van der Waals surface area contributed by atoms with Gasteiger partial charge in [0, 0.05) is 30.3 Å². The lowest BCUT2D eigenvalue weighted by Crippen LogP contribution is -2.32. The molecule has 1 N–H and O–H groups in total. The highest BCUT2D eigenvalue weighted by Crippen LogP contribution is 2.39. The number of carbonyl (C=O) groups is 1. The third kappa shape index (κ3) is 3.91. The second-order valence-corrected chi connectivity index (χ2v) is 7.31. The van der Waals surface area contributed by atoms with Crippen LogP contribution in [0.2, 0.25) is 0 Å². The van der Waals surface area contributed by atoms with Crippen LogP contribution in [0.5, 0.6) is 0 Å². The number of carbonyl (C=O) groups excluding carboxylic acids is 1. The normalized spacial score (nSPS) is 18.3. The van der Waals surface area contributed by atoms with E-state index in [9.17, 15) is 9.18 Å². The fraction of sp³-hybridized carbons (Fsp3) is 0.227. The average Bonchev–Trinajstić information content (AvgIpc) is 3.37. The predicted molar refractivity (Wildman–Crippen MR) is 115 cm³/mol. The van der Waals surface area contributed by atoms with Crippen molar-refractivity contribution in [1.82, 2.24) is 19.8 Å². The summed E-state index contributed by atoms with van der Waals surface area (Å²) >= 11 is 5.61. The molecule has 0 aliphatic carbocycles. The van der Waals surface area contributed by atoms with Crippen LogP contribution in [0.25, 0.3) is 5.69 Å². The number of halogens is 1. The molecule has 2 aromatic heterocycles. The maximum absolute atomic E-state index is 13.4. The van der Waals surface area contributed by atoms with Crippen LogP contribution >= 0.6 is 12.2 Å². The third-order valence-electron chi connectivity index (χ3n) is 5.17. The van der Waals surface area contributed by atoms with Crippen LogP contribution in [0, 0.1) is 5.82 Å². The van der Waals surface area contributed by atoms with Crippen molar-refractivity contribution in [3.05, 3.63) is 84.2 Å². The maximum atomic E-state index is 13.4. The van der Waals surface area contributed by atoms with E-state index in [1.54, 1.807) is 18.3 Å². The van der Waals surface area contributed by atoms with E-state index in [0.29, 0.717) is 11.7 Å². The zero-order valence-corrected chi connectivity index (χ0v) is 17.2. The van der Waals surface area contributed by atoms with Crippen molar-refractivity contribution in [1.29, 1.82) is 0 Å². The summed E-state index contributed by atoms with van der Waals surface area (Å²) in [5.41, 5.74) is 2.63. The molecule has 3 heterocycles. The Kier molecular flexibility index (Phi) is 5.76. The van der Waals surface area contributed by atoms with Crippen LogP contribution in [0.4, 0.5) is 4.39 Å². The van der Waals surface area contributed by atoms with Gasteiger partial charge in [0.05, 0.1) is 31.3 Å². The summed E-state index contributed by atoms with van der Waals surface area (Å²) in [7, 11) is 1.37. The van der Waals surface area contributed by atoms with Crippen molar-refractivity contribution in [3.63, 3.8) is 0 Å². The highest BCUT2D eigenvalue weighted by molar-refractivity contribution is 7.80. The fourth-order valence-corrected chi connectivity index (χ4v) is 4.09. The molecule has 0 unspecified atom stereocenters. The Hall–Kier alpha value is -3.26. The van der Waals surface area contributed by atoms with Crippen molar-refractivity contribution in [2.75, 3.05) is 13.7 Å². The Morgan fingerprint density at radius 1 is 1.20 bits per heavy atom. The summed E-state index contributed by atoms with van der Waals surface area (Å²) in [6.07, 6.45) is 3.88. The van der Waals surface area contributed by atoms with E-state index in [1.807, 2.05) is 46.0 Å². The number of ether oxygens (including phenoxy) is 1. The molecule has 1 aliphatic heterocycles. The van der Waals surface area contributed by atoms with E-state index in [0.717, 1.165) is 17.1 Å². The first-order valence-electron chi connectivity index (χ1n) is 9.56. The van der Waals surface area contributed by atoms with Gasteiger partial charge < -0.3 is 19.5 Å². The molecule has 0 spiro atoms. The largest absolute Gasteiger partial charge is 0.469 e. The number of nitrogens with zero attached hydrogens (tertiary/aromatic N) is 3. The molecule has 6 nitrogen and oxygen atoms in total. The molecule has 1 aromatic carbocycles. The number of thiocarbonyl (C=S) groups is 1. The van der Waals surface area contributed by atoms with Gasteiger partial charge in [-0.05, 0) is 60.7 Å². The number of hydrogen-bond donors (Lipinski definition) is 1. The smallest absolute Gasteiger partial charge is 0.307 e. The Balaban J connectivity index is 1.75. The summed E-state index contributed by atoms with van der Waals surface area (Å²) < 4.78 is 20.2. The number of pyridine rings is 1. The van der Waals surface area contributed by atoms with Crippen molar-refractivity contribution in [3.8, 4) is 5.69 Å². The standard InChI is InChI=1S/C22H21FN4O2S/c1-29-19(28)11-14-27-21(20(25-22(27)30)17-5-2-3-12-24-17)18-6-4-13-26(18)16-9-7-15(23)8-10-16/h2-10,12-13,20-21H,11,14H2,1H3,(H,25,30)/t20-,21+/m0/s1. The molecule has 3 aromatic rings. The average molecular weight is 425 g/mol. The molecule has 8 heteroatoms. The lowest BCUT2D eigenvalue weighted by Gasteiger charge is -2.28. The van der Waals surface area contributed by atoms with Crippen molar-refractivity contribution in [2.45, 2.75) is 18.5 Å². The zero-order valence-electron chi connectivity index (χ0n) is 16.4. The highest BCUT2D eigenvalue weighted by atomic mass is 32.1. The monoisotopic (exact) mass is 424 g/mol. The second kappa shape index (κ2) is 8.62. The molecule has 2 atom stereocenters. The minimum Gasteiger partial charge on any atom is -0.469 e. The first kappa shape index (κ1) is 20.0. The van der Waals surface area contributed by atoms with Gasteiger partial charge in [-0.1, -0.05) is 6.07 Å². The van der Waals surface area contributed by atoms with E-state index < -0.39 is 0 Å². The van der Waals surface area contributed by atoms with Gasteiger partial charge in [-0.2, -0.15) is 0 Å². The molecule has 0 bridgehead atoms. The lowest BCUT2D eigenvalue weighted by atomic mass is 10.0. The van der Waals surface area contributed by atoms with Crippen molar-refractivity contribution < 1.29 is 13.9 Å². The number of rotatable bonds is 6. The summed E-state index contributed by atoms with van der Waals surface area (Å²) in [6.45, 7) is 0.404. The number of benzene rings is 1. The quantitative estimate of drug-likeness (QED) is 0.483. The SMILES string of the molecule is COC(=O)CCN1C(=S)N[C@@H](c2ccccn2)[C@H]1c1cccn1-c1ccc(F)cc1. The molecule has 1 saturated heterocycles. The highest BCUT2D eigenvalue weighted by Gasteiger charge is 2.41. The number of aromatic nitrogens is 2. The molecule has 0 amide bonds. The molecule has 4 rings (SSSR count). The van der Waals surface area contributed by atoms with Crippen molar-refractivity contribution >= 4 is 23.3 Å². The summed E-state index contributed by atoms with van der Waals surface area (Å²) in [5.74, 6) is -0.589. The van der Waals surface area contributed by atoms with Crippen LogP contribution < -0.4 is 5.32 Å². The zero-order chi connectivity index (χ0) is 21.1. The van der Waals surface area contributed by atoms with E-state index in [1.165, 1.54) is 19.2 Å². The fourth-order valence-electron chi connectivity index (χ4n) is 3.75. The first-order chi connectivity index (χ1) is 14.6. The van der Waals surface area contributed by atoms with Gasteiger partial charge in [0.2, 0.25) is 0 Å². The van der Waals surface area contributed by atoms with Gasteiger partial charge in [-0.3, -0.25) is 9.78 Å². The first-order valence-corrected chi connectivity index (χ1v) is 9.97. The van der Waals surface area contributed by atoms with Gasteiger partial charge >= 0.3 is 5.97 Å². The van der Waals surface area contributed by atoms with Crippen LogP contribution in [-0.2, 0) is 9.53 Å². The van der Waals surface area contributed by atoms with Crippen LogP contribution in [0.1, 0.15) is 29.9 Å². The number of methoxy groups -OCH3 is 1. The molecule has 1 aliphatic rings. The van der Waals surface area contributed by atoms with Gasteiger partial charge in [-0.15, -0.1) is 0 Å². The summed E-state index contributed by atoms with van der Waals surface area (Å²) in [6, 6.07) is 15.6. The molecular weight excluding hydrogens is 403 g/mol.